The Bertz CT molecular complexity index is 1650. The lowest BCUT2D eigenvalue weighted by molar-refractivity contribution is -0.137. The van der Waals surface area contributed by atoms with Crippen molar-refractivity contribution in [3.63, 3.8) is 0 Å². The molecule has 1 amide bonds. The number of nitrogens with zero attached hydrogens (tertiary/aromatic N) is 3. The fourth-order valence-electron chi connectivity index (χ4n) is 6.39. The van der Waals surface area contributed by atoms with Crippen LogP contribution < -0.4 is 9.47 Å². The Hall–Kier alpha value is -3.66. The summed E-state index contributed by atoms with van der Waals surface area (Å²) in [7, 11) is -0.651. The van der Waals surface area contributed by atoms with Crippen molar-refractivity contribution >= 4 is 39.3 Å². The molecule has 1 aliphatic carbocycles. The molecule has 1 saturated carbocycles. The first-order valence-corrected chi connectivity index (χ1v) is 16.3. The zero-order valence-electron chi connectivity index (χ0n) is 24.1. The van der Waals surface area contributed by atoms with E-state index in [0.29, 0.717) is 17.9 Å². The van der Waals surface area contributed by atoms with Crippen molar-refractivity contribution in [2.75, 3.05) is 20.8 Å². The Labute approximate surface area is 257 Å². The zero-order valence-corrected chi connectivity index (χ0v) is 25.7. The second-order valence-electron chi connectivity index (χ2n) is 11.1. The van der Waals surface area contributed by atoms with Gasteiger partial charge in [0.05, 0.1) is 30.9 Å². The van der Waals surface area contributed by atoms with Gasteiger partial charge in [-0.25, -0.2) is 13.4 Å². The lowest BCUT2D eigenvalue weighted by Crippen LogP contribution is -2.46. The van der Waals surface area contributed by atoms with Crippen molar-refractivity contribution in [2.45, 2.75) is 49.1 Å². The molecule has 3 aromatic rings. The number of carbonyl (C=O) groups is 1. The second-order valence-corrected chi connectivity index (χ2v) is 13.4. The third kappa shape index (κ3) is 5.69. The van der Waals surface area contributed by atoms with Gasteiger partial charge in [-0.2, -0.15) is 9.41 Å². The van der Waals surface area contributed by atoms with E-state index in [4.69, 9.17) is 26.2 Å². The average molecular weight is 620 g/mol. The molecule has 3 aliphatic rings. The number of fused-ring (bicyclic) bond motifs is 1. The minimum Gasteiger partial charge on any atom is -0.497 e. The molecule has 43 heavy (non-hydrogen) atoms. The van der Waals surface area contributed by atoms with Gasteiger partial charge in [-0.1, -0.05) is 35.9 Å². The molecule has 224 valence electrons. The summed E-state index contributed by atoms with van der Waals surface area (Å²) in [4.78, 5) is 14.5. The van der Waals surface area contributed by atoms with Gasteiger partial charge in [-0.05, 0) is 103 Å². The Morgan fingerprint density at radius 2 is 1.56 bits per heavy atom. The Balaban J connectivity index is 1.38. The van der Waals surface area contributed by atoms with Gasteiger partial charge in [-0.3, -0.25) is 4.79 Å². The first kappa shape index (κ1) is 29.4. The number of allylic oxidation sites excluding steroid dienone is 1. The number of carbonyl (C=O) groups excluding carboxylic acids is 1. The highest BCUT2D eigenvalue weighted by atomic mass is 35.5. The molecule has 0 N–H and O–H groups in total. The number of methoxy groups -OCH3 is 2. The molecule has 0 unspecified atom stereocenters. The molecule has 8 nitrogen and oxygen atoms in total. The first-order valence-electron chi connectivity index (χ1n) is 14.5. The monoisotopic (exact) mass is 619 g/mol. The van der Waals surface area contributed by atoms with E-state index in [9.17, 15) is 13.2 Å². The lowest BCUT2D eigenvalue weighted by atomic mass is 9.77. The lowest BCUT2D eigenvalue weighted by Gasteiger charge is -2.32. The van der Waals surface area contributed by atoms with Crippen LogP contribution in [0.1, 0.15) is 49.3 Å². The van der Waals surface area contributed by atoms with E-state index in [1.54, 1.807) is 31.4 Å². The number of hydrogen-bond donors (Lipinski definition) is 0. The molecule has 3 atom stereocenters. The van der Waals surface area contributed by atoms with Crippen LogP contribution in [0.15, 0.2) is 88.4 Å². The quantitative estimate of drug-likeness (QED) is 0.308. The van der Waals surface area contributed by atoms with Gasteiger partial charge >= 0.3 is 0 Å². The van der Waals surface area contributed by atoms with E-state index < -0.39 is 16.1 Å². The van der Waals surface area contributed by atoms with Crippen molar-refractivity contribution in [2.24, 2.45) is 11.0 Å². The van der Waals surface area contributed by atoms with Gasteiger partial charge in [0, 0.05) is 17.5 Å². The summed E-state index contributed by atoms with van der Waals surface area (Å²) < 4.78 is 39.4. The van der Waals surface area contributed by atoms with Crippen LogP contribution in [-0.4, -0.2) is 56.2 Å². The predicted molar refractivity (Wildman–Crippen MR) is 167 cm³/mol. The Kier molecular flexibility index (Phi) is 8.31. The van der Waals surface area contributed by atoms with Crippen molar-refractivity contribution < 1.29 is 22.7 Å². The molecule has 0 aromatic heterocycles. The summed E-state index contributed by atoms with van der Waals surface area (Å²) in [5, 5.41) is 7.02. The summed E-state index contributed by atoms with van der Waals surface area (Å²) in [6.07, 6.45) is 5.83. The highest BCUT2D eigenvalue weighted by Crippen LogP contribution is 2.45. The number of benzene rings is 3. The molecule has 6 rings (SSSR count). The van der Waals surface area contributed by atoms with Gasteiger partial charge < -0.3 is 9.47 Å². The van der Waals surface area contributed by atoms with Gasteiger partial charge in [0.1, 0.15) is 17.5 Å². The molecule has 0 bridgehead atoms. The second kappa shape index (κ2) is 12.1. The molecule has 2 heterocycles. The van der Waals surface area contributed by atoms with E-state index in [0.717, 1.165) is 53.2 Å². The minimum absolute atomic E-state index is 0.0154. The third-order valence-corrected chi connectivity index (χ3v) is 10.7. The predicted octanol–water partition coefficient (Wildman–Crippen LogP) is 6.33. The van der Waals surface area contributed by atoms with Gasteiger partial charge in [0.15, 0.2) is 0 Å². The van der Waals surface area contributed by atoms with Crippen LogP contribution >= 0.6 is 11.6 Å². The number of ether oxygens (including phenoxy) is 2. The zero-order chi connectivity index (χ0) is 30.1. The van der Waals surface area contributed by atoms with Crippen LogP contribution in [0.25, 0.3) is 6.08 Å². The first-order chi connectivity index (χ1) is 20.8. The Morgan fingerprint density at radius 1 is 0.907 bits per heavy atom. The van der Waals surface area contributed by atoms with Crippen molar-refractivity contribution in [1.29, 1.82) is 0 Å². The largest absolute Gasteiger partial charge is 0.497 e. The molecule has 0 spiro atoms. The Morgan fingerprint density at radius 3 is 2.21 bits per heavy atom. The fraction of sp³-hybridized carbons (Fsp3) is 0.333. The smallest absolute Gasteiger partial charge is 0.261 e. The van der Waals surface area contributed by atoms with E-state index in [-0.39, 0.29) is 29.3 Å². The number of sulfonamides is 1. The van der Waals surface area contributed by atoms with Crippen molar-refractivity contribution in [1.82, 2.24) is 9.31 Å². The van der Waals surface area contributed by atoms with Crippen molar-refractivity contribution in [3.8, 4) is 11.5 Å². The summed E-state index contributed by atoms with van der Waals surface area (Å²) in [6.45, 7) is 0.269. The van der Waals surface area contributed by atoms with Crippen LogP contribution in [0, 0.1) is 5.92 Å². The molecule has 10 heteroatoms. The van der Waals surface area contributed by atoms with Gasteiger partial charge in [-0.15, -0.1) is 0 Å². The molecule has 0 radical (unpaired) electrons. The molecule has 2 fully saturated rings. The van der Waals surface area contributed by atoms with Crippen molar-refractivity contribution in [3.05, 3.63) is 94.5 Å². The average Bonchev–Trinajstić information content (AvgIpc) is 3.68. The van der Waals surface area contributed by atoms with Gasteiger partial charge in [0.25, 0.3) is 5.91 Å². The summed E-state index contributed by atoms with van der Waals surface area (Å²) in [6, 6.07) is 20.5. The highest BCUT2D eigenvalue weighted by Gasteiger charge is 2.48. The van der Waals surface area contributed by atoms with E-state index in [1.165, 1.54) is 16.4 Å². The molecule has 1 saturated heterocycles. The maximum atomic E-state index is 14.4. The number of amides is 1. The SMILES string of the molecule is COc1ccc(/C=C2\CCC[C@@H]3C2=NN(C(=O)[C@H]2CCCN2S(=O)(=O)c2ccc(Cl)cc2)[C@@H]3c2ccc(OC)cc2)cc1. The third-order valence-electron chi connectivity index (χ3n) is 8.55. The van der Waals surface area contributed by atoms with Crippen LogP contribution in [0.4, 0.5) is 0 Å². The highest BCUT2D eigenvalue weighted by molar-refractivity contribution is 7.89. The number of rotatable bonds is 7. The number of halogens is 1. The van der Waals surface area contributed by atoms with Crippen LogP contribution in [0.5, 0.6) is 11.5 Å². The summed E-state index contributed by atoms with van der Waals surface area (Å²) in [5.74, 6) is 1.19. The fourth-order valence-corrected chi connectivity index (χ4v) is 8.16. The number of hydrazone groups is 1. The van der Waals surface area contributed by atoms with E-state index in [2.05, 4.69) is 6.08 Å². The molecule has 2 aliphatic heterocycles. The van der Waals surface area contributed by atoms with E-state index in [1.807, 2.05) is 48.5 Å². The maximum Gasteiger partial charge on any atom is 0.261 e. The maximum absolute atomic E-state index is 14.4. The molecular formula is C33H34ClN3O5S. The topological polar surface area (TPSA) is 88.5 Å². The van der Waals surface area contributed by atoms with E-state index >= 15 is 0 Å². The van der Waals surface area contributed by atoms with Crippen LogP contribution in [0.2, 0.25) is 5.02 Å². The standard InChI is InChI=1S/C33H34ClN3O5S/c1-41-26-14-8-22(9-15-26)21-24-5-3-6-29-31(24)35-37(32(29)23-10-16-27(42-2)17-11-23)33(38)30-7-4-20-36(30)43(39,40)28-18-12-25(34)13-19-28/h8-19,21,29-30,32H,3-7,20H2,1-2H3/b24-21+/t29-,30-,32-/m1/s1. The molecular weight excluding hydrogens is 586 g/mol. The summed E-state index contributed by atoms with van der Waals surface area (Å²) in [5.41, 5.74) is 3.95. The molecule has 3 aromatic carbocycles. The number of hydrogen-bond acceptors (Lipinski definition) is 6. The summed E-state index contributed by atoms with van der Waals surface area (Å²) >= 11 is 6.01. The van der Waals surface area contributed by atoms with Gasteiger partial charge in [0.2, 0.25) is 10.0 Å². The normalized spacial score (nSPS) is 23.2. The van der Waals surface area contributed by atoms with Crippen LogP contribution in [-0.2, 0) is 14.8 Å². The minimum atomic E-state index is -3.91. The van der Waals surface area contributed by atoms with Crippen LogP contribution in [0.3, 0.4) is 0 Å².